The van der Waals surface area contributed by atoms with Gasteiger partial charge in [-0.25, -0.2) is 0 Å². The Morgan fingerprint density at radius 2 is 1.89 bits per heavy atom. The molecule has 0 saturated heterocycles. The lowest BCUT2D eigenvalue weighted by Gasteiger charge is -2.21. The predicted octanol–water partition coefficient (Wildman–Crippen LogP) is 4.29. The molecule has 0 unspecified atom stereocenters. The lowest BCUT2D eigenvalue weighted by molar-refractivity contribution is 0.101. The van der Waals surface area contributed by atoms with E-state index in [4.69, 9.17) is 0 Å². The molecular formula is C16H16BrNO. The summed E-state index contributed by atoms with van der Waals surface area (Å²) < 4.78 is 1.07. The van der Waals surface area contributed by atoms with Crippen molar-refractivity contribution < 1.29 is 4.79 Å². The molecule has 2 aromatic rings. The van der Waals surface area contributed by atoms with Crippen molar-refractivity contribution >= 4 is 27.4 Å². The first kappa shape index (κ1) is 13.8. The molecule has 2 nitrogen and oxygen atoms in total. The van der Waals surface area contributed by atoms with Crippen molar-refractivity contribution in [2.75, 3.05) is 11.9 Å². The van der Waals surface area contributed by atoms with Crippen molar-refractivity contribution in [3.8, 4) is 0 Å². The number of Topliss-reactive ketones (excluding diaryl/α,β-unsaturated/α-hetero) is 1. The molecular weight excluding hydrogens is 302 g/mol. The number of nitrogens with zero attached hydrogens (tertiary/aromatic N) is 1. The van der Waals surface area contributed by atoms with Gasteiger partial charge in [0.2, 0.25) is 0 Å². The van der Waals surface area contributed by atoms with Crippen molar-refractivity contribution in [1.82, 2.24) is 0 Å². The quantitative estimate of drug-likeness (QED) is 0.784. The number of carbonyl (C=O) groups is 1. The number of benzene rings is 2. The molecule has 0 N–H and O–H groups in total. The Balaban J connectivity index is 2.25. The standard InChI is InChI=1S/C16H16BrNO/c1-12(19)15-8-3-4-9-16(15)18(2)11-13-6-5-7-14(17)10-13/h3-10H,11H2,1-2H3. The van der Waals surface area contributed by atoms with E-state index in [1.807, 2.05) is 43.4 Å². The van der Waals surface area contributed by atoms with Crippen LogP contribution in [0.15, 0.2) is 53.0 Å². The summed E-state index contributed by atoms with van der Waals surface area (Å²) in [6, 6.07) is 15.9. The molecule has 0 radical (unpaired) electrons. The minimum Gasteiger partial charge on any atom is -0.370 e. The van der Waals surface area contributed by atoms with Crippen LogP contribution in [0, 0.1) is 0 Å². The van der Waals surface area contributed by atoms with Gasteiger partial charge in [-0.2, -0.15) is 0 Å². The van der Waals surface area contributed by atoms with Crippen molar-refractivity contribution in [2.45, 2.75) is 13.5 Å². The third-order valence-corrected chi connectivity index (χ3v) is 3.50. The number of rotatable bonds is 4. The molecule has 0 saturated carbocycles. The highest BCUT2D eigenvalue weighted by Crippen LogP contribution is 2.22. The number of carbonyl (C=O) groups excluding carboxylic acids is 1. The Labute approximate surface area is 122 Å². The molecule has 0 aliphatic carbocycles. The van der Waals surface area contributed by atoms with E-state index in [1.54, 1.807) is 6.92 Å². The van der Waals surface area contributed by atoms with Crippen LogP contribution >= 0.6 is 15.9 Å². The fourth-order valence-corrected chi connectivity index (χ4v) is 2.55. The Morgan fingerprint density at radius 1 is 1.16 bits per heavy atom. The third-order valence-electron chi connectivity index (χ3n) is 3.00. The zero-order valence-corrected chi connectivity index (χ0v) is 12.6. The summed E-state index contributed by atoms with van der Waals surface area (Å²) in [5, 5.41) is 0. The summed E-state index contributed by atoms with van der Waals surface area (Å²) in [5.41, 5.74) is 2.94. The van der Waals surface area contributed by atoms with E-state index in [0.717, 1.165) is 22.3 Å². The zero-order valence-electron chi connectivity index (χ0n) is 11.1. The van der Waals surface area contributed by atoms with E-state index >= 15 is 0 Å². The van der Waals surface area contributed by atoms with Crippen molar-refractivity contribution in [3.63, 3.8) is 0 Å². The molecule has 0 fully saturated rings. The van der Waals surface area contributed by atoms with Gasteiger partial charge in [0.15, 0.2) is 5.78 Å². The summed E-state index contributed by atoms with van der Waals surface area (Å²) >= 11 is 3.47. The van der Waals surface area contributed by atoms with Gasteiger partial charge in [0.05, 0.1) is 0 Å². The summed E-state index contributed by atoms with van der Waals surface area (Å²) in [6.45, 7) is 2.37. The van der Waals surface area contributed by atoms with E-state index in [-0.39, 0.29) is 5.78 Å². The molecule has 3 heteroatoms. The first-order valence-corrected chi connectivity index (χ1v) is 6.93. The third kappa shape index (κ3) is 3.44. The number of para-hydroxylation sites is 1. The van der Waals surface area contributed by atoms with Gasteiger partial charge in [0, 0.05) is 29.3 Å². The van der Waals surface area contributed by atoms with Crippen molar-refractivity contribution in [3.05, 3.63) is 64.1 Å². The Hall–Kier alpha value is -1.61. The second kappa shape index (κ2) is 6.02. The normalized spacial score (nSPS) is 10.3. The van der Waals surface area contributed by atoms with Gasteiger partial charge in [0.1, 0.15) is 0 Å². The average Bonchev–Trinajstić information content (AvgIpc) is 2.38. The number of halogens is 1. The second-order valence-electron chi connectivity index (χ2n) is 4.56. The highest BCUT2D eigenvalue weighted by molar-refractivity contribution is 9.10. The summed E-state index contributed by atoms with van der Waals surface area (Å²) in [5.74, 6) is 0.0942. The van der Waals surface area contributed by atoms with Crippen LogP contribution in [-0.2, 0) is 6.54 Å². The van der Waals surface area contributed by atoms with Crippen LogP contribution in [0.4, 0.5) is 5.69 Å². The monoisotopic (exact) mass is 317 g/mol. The first-order valence-electron chi connectivity index (χ1n) is 6.13. The molecule has 0 bridgehead atoms. The fraction of sp³-hybridized carbons (Fsp3) is 0.188. The van der Waals surface area contributed by atoms with E-state index in [2.05, 4.69) is 33.0 Å². The lowest BCUT2D eigenvalue weighted by atomic mass is 10.1. The van der Waals surface area contributed by atoms with Crippen LogP contribution in [0.2, 0.25) is 0 Å². The minimum atomic E-state index is 0.0942. The maximum absolute atomic E-state index is 11.6. The molecule has 0 aliphatic heterocycles. The van der Waals surface area contributed by atoms with Gasteiger partial charge in [0.25, 0.3) is 0 Å². The molecule has 0 spiro atoms. The van der Waals surface area contributed by atoms with Gasteiger partial charge >= 0.3 is 0 Å². The summed E-state index contributed by atoms with van der Waals surface area (Å²) in [6.07, 6.45) is 0. The van der Waals surface area contributed by atoms with Crippen LogP contribution < -0.4 is 4.90 Å². The van der Waals surface area contributed by atoms with Gasteiger partial charge < -0.3 is 4.90 Å². The molecule has 2 rings (SSSR count). The average molecular weight is 318 g/mol. The van der Waals surface area contributed by atoms with Gasteiger partial charge in [-0.3, -0.25) is 4.79 Å². The molecule has 0 heterocycles. The topological polar surface area (TPSA) is 20.3 Å². The van der Waals surface area contributed by atoms with Crippen LogP contribution in [-0.4, -0.2) is 12.8 Å². The molecule has 0 aliphatic rings. The van der Waals surface area contributed by atoms with Crippen LogP contribution in [0.1, 0.15) is 22.8 Å². The smallest absolute Gasteiger partial charge is 0.161 e. The Morgan fingerprint density at radius 3 is 2.58 bits per heavy atom. The van der Waals surface area contributed by atoms with E-state index < -0.39 is 0 Å². The van der Waals surface area contributed by atoms with Crippen LogP contribution in [0.3, 0.4) is 0 Å². The van der Waals surface area contributed by atoms with Crippen molar-refractivity contribution in [1.29, 1.82) is 0 Å². The number of hydrogen-bond donors (Lipinski definition) is 0. The van der Waals surface area contributed by atoms with E-state index in [0.29, 0.717) is 0 Å². The molecule has 98 valence electrons. The van der Waals surface area contributed by atoms with Gasteiger partial charge in [-0.15, -0.1) is 0 Å². The fourth-order valence-electron chi connectivity index (χ4n) is 2.10. The SMILES string of the molecule is CC(=O)c1ccccc1N(C)Cc1cccc(Br)c1. The highest BCUT2D eigenvalue weighted by atomic mass is 79.9. The Kier molecular flexibility index (Phi) is 4.38. The van der Waals surface area contributed by atoms with Crippen molar-refractivity contribution in [2.24, 2.45) is 0 Å². The molecule has 19 heavy (non-hydrogen) atoms. The largest absolute Gasteiger partial charge is 0.370 e. The highest BCUT2D eigenvalue weighted by Gasteiger charge is 2.10. The van der Waals surface area contributed by atoms with Gasteiger partial charge in [-0.1, -0.05) is 40.2 Å². The molecule has 2 aromatic carbocycles. The predicted molar refractivity (Wildman–Crippen MR) is 82.7 cm³/mol. The second-order valence-corrected chi connectivity index (χ2v) is 5.47. The molecule has 0 atom stereocenters. The maximum atomic E-state index is 11.6. The number of ketones is 1. The van der Waals surface area contributed by atoms with Crippen LogP contribution in [0.25, 0.3) is 0 Å². The first-order chi connectivity index (χ1) is 9.08. The lowest BCUT2D eigenvalue weighted by Crippen LogP contribution is -2.18. The van der Waals surface area contributed by atoms with E-state index in [9.17, 15) is 4.79 Å². The van der Waals surface area contributed by atoms with E-state index in [1.165, 1.54) is 5.56 Å². The van der Waals surface area contributed by atoms with Crippen LogP contribution in [0.5, 0.6) is 0 Å². The summed E-state index contributed by atoms with van der Waals surface area (Å²) in [4.78, 5) is 13.7. The minimum absolute atomic E-state index is 0.0942. The van der Waals surface area contributed by atoms with Gasteiger partial charge in [-0.05, 0) is 36.8 Å². The zero-order chi connectivity index (χ0) is 13.8. The Bertz CT molecular complexity index is 595. The molecule has 0 amide bonds. The number of hydrogen-bond acceptors (Lipinski definition) is 2. The summed E-state index contributed by atoms with van der Waals surface area (Å²) in [7, 11) is 2.00. The molecule has 0 aromatic heterocycles. The number of anilines is 1. The maximum Gasteiger partial charge on any atom is 0.161 e.